The van der Waals surface area contributed by atoms with Crippen LogP contribution in [0.2, 0.25) is 5.15 Å². The van der Waals surface area contributed by atoms with E-state index in [4.69, 9.17) is 17.3 Å². The van der Waals surface area contributed by atoms with E-state index in [0.29, 0.717) is 23.8 Å². The highest BCUT2D eigenvalue weighted by atomic mass is 79.9. The number of rotatable bonds is 4. The number of carbonyl (C=O) groups excluding carboxylic acids is 1. The molecule has 4 nitrogen and oxygen atoms in total. The number of anilines is 1. The van der Waals surface area contributed by atoms with Crippen LogP contribution in [0.15, 0.2) is 16.7 Å². The monoisotopic (exact) mass is 359 g/mol. The molecular formula is C14H19BrClN3O. The molecule has 2 rings (SSSR count). The van der Waals surface area contributed by atoms with Gasteiger partial charge in [0, 0.05) is 17.1 Å². The van der Waals surface area contributed by atoms with Gasteiger partial charge in [-0.2, -0.15) is 0 Å². The molecule has 1 aromatic heterocycles. The van der Waals surface area contributed by atoms with Gasteiger partial charge in [-0.05, 0) is 46.8 Å². The molecule has 0 bridgehead atoms. The summed E-state index contributed by atoms with van der Waals surface area (Å²) in [6, 6.07) is 1.75. The SMILES string of the molecule is NCC1(CC(=O)Nc2cc(Br)cnc2Cl)CCCCC1. The Morgan fingerprint density at radius 3 is 2.80 bits per heavy atom. The quantitative estimate of drug-likeness (QED) is 0.804. The molecular weight excluding hydrogens is 342 g/mol. The summed E-state index contributed by atoms with van der Waals surface area (Å²) in [6.45, 7) is 0.560. The van der Waals surface area contributed by atoms with E-state index in [9.17, 15) is 4.79 Å². The lowest BCUT2D eigenvalue weighted by atomic mass is 9.71. The highest BCUT2D eigenvalue weighted by Crippen LogP contribution is 2.38. The van der Waals surface area contributed by atoms with Gasteiger partial charge in [0.2, 0.25) is 5.91 Å². The van der Waals surface area contributed by atoms with E-state index >= 15 is 0 Å². The Hall–Kier alpha value is -0.650. The van der Waals surface area contributed by atoms with Crippen molar-refractivity contribution in [2.24, 2.45) is 11.1 Å². The summed E-state index contributed by atoms with van der Waals surface area (Å²) >= 11 is 9.30. The molecule has 1 fully saturated rings. The number of nitrogens with one attached hydrogen (secondary N) is 1. The molecule has 0 spiro atoms. The Bertz CT molecular complexity index is 489. The molecule has 1 aromatic rings. The average Bonchev–Trinajstić information content (AvgIpc) is 2.44. The van der Waals surface area contributed by atoms with E-state index < -0.39 is 0 Å². The van der Waals surface area contributed by atoms with Crippen LogP contribution in [0.4, 0.5) is 5.69 Å². The van der Waals surface area contributed by atoms with Crippen molar-refractivity contribution in [3.63, 3.8) is 0 Å². The minimum atomic E-state index is -0.0474. The highest BCUT2D eigenvalue weighted by Gasteiger charge is 2.33. The van der Waals surface area contributed by atoms with Gasteiger partial charge in [-0.25, -0.2) is 4.98 Å². The van der Waals surface area contributed by atoms with E-state index in [1.54, 1.807) is 12.3 Å². The summed E-state index contributed by atoms with van der Waals surface area (Å²) in [5, 5.41) is 3.14. The van der Waals surface area contributed by atoms with Crippen molar-refractivity contribution in [3.05, 3.63) is 21.9 Å². The molecule has 1 amide bonds. The zero-order chi connectivity index (χ0) is 14.6. The van der Waals surface area contributed by atoms with Gasteiger partial charge in [0.1, 0.15) is 0 Å². The fourth-order valence-electron chi connectivity index (χ4n) is 2.80. The zero-order valence-corrected chi connectivity index (χ0v) is 13.6. The highest BCUT2D eigenvalue weighted by molar-refractivity contribution is 9.10. The normalized spacial score (nSPS) is 17.8. The van der Waals surface area contributed by atoms with Crippen LogP contribution >= 0.6 is 27.5 Å². The summed E-state index contributed by atoms with van der Waals surface area (Å²) in [7, 11) is 0. The Labute approximate surface area is 132 Å². The van der Waals surface area contributed by atoms with Gasteiger partial charge in [0.25, 0.3) is 0 Å². The van der Waals surface area contributed by atoms with Crippen molar-refractivity contribution in [3.8, 4) is 0 Å². The van der Waals surface area contributed by atoms with Crippen molar-refractivity contribution >= 4 is 39.1 Å². The standard InChI is InChI=1S/C14H19BrClN3O/c15-10-6-11(13(16)18-8-10)19-12(20)7-14(9-17)4-2-1-3-5-14/h6,8H,1-5,7,9,17H2,(H,19,20). The maximum absolute atomic E-state index is 12.2. The van der Waals surface area contributed by atoms with E-state index in [1.165, 1.54) is 6.42 Å². The number of carbonyl (C=O) groups is 1. The topological polar surface area (TPSA) is 68.0 Å². The number of nitrogens with zero attached hydrogens (tertiary/aromatic N) is 1. The van der Waals surface area contributed by atoms with Crippen molar-refractivity contribution in [1.82, 2.24) is 4.98 Å². The smallest absolute Gasteiger partial charge is 0.225 e. The molecule has 110 valence electrons. The maximum atomic E-state index is 12.2. The van der Waals surface area contributed by atoms with Crippen molar-refractivity contribution in [2.75, 3.05) is 11.9 Å². The van der Waals surface area contributed by atoms with Gasteiger partial charge in [0.15, 0.2) is 5.15 Å². The van der Waals surface area contributed by atoms with Crippen molar-refractivity contribution < 1.29 is 4.79 Å². The Kier molecular flexibility index (Phi) is 5.41. The van der Waals surface area contributed by atoms with Crippen LogP contribution in [0.3, 0.4) is 0 Å². The molecule has 0 aromatic carbocycles. The summed E-state index contributed by atoms with van der Waals surface area (Å²) in [5.41, 5.74) is 6.40. The molecule has 0 aliphatic heterocycles. The molecule has 1 aliphatic carbocycles. The first-order valence-electron chi connectivity index (χ1n) is 6.86. The molecule has 20 heavy (non-hydrogen) atoms. The molecule has 3 N–H and O–H groups in total. The van der Waals surface area contributed by atoms with Gasteiger partial charge in [-0.3, -0.25) is 4.79 Å². The van der Waals surface area contributed by atoms with Crippen LogP contribution in [0.25, 0.3) is 0 Å². The third-order valence-electron chi connectivity index (χ3n) is 3.96. The number of hydrogen-bond acceptors (Lipinski definition) is 3. The summed E-state index contributed by atoms with van der Waals surface area (Å²) in [5.74, 6) is -0.0425. The summed E-state index contributed by atoms with van der Waals surface area (Å²) in [4.78, 5) is 16.2. The second-order valence-electron chi connectivity index (χ2n) is 5.48. The first-order chi connectivity index (χ1) is 9.54. The number of nitrogens with two attached hydrogens (primary N) is 1. The fraction of sp³-hybridized carbons (Fsp3) is 0.571. The molecule has 0 radical (unpaired) electrons. The third-order valence-corrected chi connectivity index (χ3v) is 4.70. The largest absolute Gasteiger partial charge is 0.330 e. The minimum absolute atomic E-state index is 0.0425. The van der Waals surface area contributed by atoms with E-state index in [0.717, 1.165) is 30.2 Å². The number of amides is 1. The Morgan fingerprint density at radius 1 is 1.45 bits per heavy atom. The van der Waals surface area contributed by atoms with E-state index in [2.05, 4.69) is 26.2 Å². The summed E-state index contributed by atoms with van der Waals surface area (Å²) in [6.07, 6.45) is 7.66. The number of halogens is 2. The van der Waals surface area contributed by atoms with Gasteiger partial charge in [-0.1, -0.05) is 30.9 Å². The first-order valence-corrected chi connectivity index (χ1v) is 8.03. The number of aromatic nitrogens is 1. The van der Waals surface area contributed by atoms with Crippen molar-refractivity contribution in [1.29, 1.82) is 0 Å². The predicted octanol–water partition coefficient (Wildman–Crippen LogP) is 3.74. The third kappa shape index (κ3) is 3.93. The van der Waals surface area contributed by atoms with Crippen molar-refractivity contribution in [2.45, 2.75) is 38.5 Å². The Morgan fingerprint density at radius 2 is 2.15 bits per heavy atom. The lowest BCUT2D eigenvalue weighted by molar-refractivity contribution is -0.118. The van der Waals surface area contributed by atoms with Crippen LogP contribution in [-0.4, -0.2) is 17.4 Å². The van der Waals surface area contributed by atoms with Crippen LogP contribution in [0.1, 0.15) is 38.5 Å². The number of pyridine rings is 1. The van der Waals surface area contributed by atoms with Crippen LogP contribution in [0.5, 0.6) is 0 Å². The van der Waals surface area contributed by atoms with Gasteiger partial charge >= 0.3 is 0 Å². The van der Waals surface area contributed by atoms with Gasteiger partial charge in [0.05, 0.1) is 5.69 Å². The maximum Gasteiger partial charge on any atom is 0.225 e. The van der Waals surface area contributed by atoms with E-state index in [-0.39, 0.29) is 11.3 Å². The van der Waals surface area contributed by atoms with Gasteiger partial charge < -0.3 is 11.1 Å². The lowest BCUT2D eigenvalue weighted by Gasteiger charge is -2.35. The molecule has 0 unspecified atom stereocenters. The van der Waals surface area contributed by atoms with Crippen LogP contribution in [-0.2, 0) is 4.79 Å². The average molecular weight is 361 g/mol. The van der Waals surface area contributed by atoms with Crippen LogP contribution < -0.4 is 11.1 Å². The second kappa shape index (κ2) is 6.87. The molecule has 0 saturated heterocycles. The zero-order valence-electron chi connectivity index (χ0n) is 11.3. The molecule has 0 atom stereocenters. The number of hydrogen-bond donors (Lipinski definition) is 2. The first kappa shape index (κ1) is 15.7. The fourth-order valence-corrected chi connectivity index (χ4v) is 3.28. The molecule has 1 saturated carbocycles. The molecule has 1 aliphatic rings. The summed E-state index contributed by atoms with van der Waals surface area (Å²) < 4.78 is 0.781. The van der Waals surface area contributed by atoms with Gasteiger partial charge in [-0.15, -0.1) is 0 Å². The predicted molar refractivity (Wildman–Crippen MR) is 84.8 cm³/mol. The minimum Gasteiger partial charge on any atom is -0.330 e. The molecule has 1 heterocycles. The van der Waals surface area contributed by atoms with Crippen LogP contribution in [0, 0.1) is 5.41 Å². The molecule has 6 heteroatoms. The second-order valence-corrected chi connectivity index (χ2v) is 6.76. The van der Waals surface area contributed by atoms with E-state index in [1.807, 2.05) is 0 Å². The Balaban J connectivity index is 2.02. The lowest BCUT2D eigenvalue weighted by Crippen LogP contribution is -2.36.